The molecule has 3 rings (SSSR count). The monoisotopic (exact) mass is 365 g/mol. The van der Waals surface area contributed by atoms with Crippen LogP contribution in [0.2, 0.25) is 0 Å². The third-order valence-electron chi connectivity index (χ3n) is 4.37. The van der Waals surface area contributed by atoms with E-state index >= 15 is 0 Å². The fraction of sp³-hybridized carbons (Fsp3) is 0.318. The molecule has 0 bridgehead atoms. The van der Waals surface area contributed by atoms with Crippen molar-refractivity contribution in [2.75, 3.05) is 19.7 Å². The fourth-order valence-corrected chi connectivity index (χ4v) is 2.98. The van der Waals surface area contributed by atoms with Crippen molar-refractivity contribution >= 4 is 0 Å². The van der Waals surface area contributed by atoms with E-state index in [1.807, 2.05) is 53.5 Å². The zero-order valence-electron chi connectivity index (χ0n) is 15.4. The van der Waals surface area contributed by atoms with Crippen molar-refractivity contribution in [1.29, 1.82) is 0 Å². The van der Waals surface area contributed by atoms with Crippen molar-refractivity contribution in [3.8, 4) is 0 Å². The molecule has 2 aromatic carbocycles. The van der Waals surface area contributed by atoms with Crippen LogP contribution >= 0.6 is 0 Å². The molecule has 0 amide bonds. The van der Waals surface area contributed by atoms with Crippen LogP contribution in [0.15, 0.2) is 79.4 Å². The summed E-state index contributed by atoms with van der Waals surface area (Å²) in [6, 6.07) is 20.2. The largest absolute Gasteiger partial charge is 0.389 e. The Morgan fingerprint density at radius 3 is 2.26 bits per heavy atom. The van der Waals surface area contributed by atoms with Crippen molar-refractivity contribution in [2.24, 2.45) is 0 Å². The van der Waals surface area contributed by atoms with E-state index in [-0.39, 0.29) is 12.7 Å². The van der Waals surface area contributed by atoms with Crippen LogP contribution in [0.1, 0.15) is 23.7 Å². The molecule has 1 heterocycles. The molecule has 27 heavy (non-hydrogen) atoms. The summed E-state index contributed by atoms with van der Waals surface area (Å²) < 4.78 is 8.14. The third-order valence-corrected chi connectivity index (χ3v) is 4.37. The second-order valence-electron chi connectivity index (χ2n) is 6.55. The second kappa shape index (κ2) is 10.6. The molecule has 3 aromatic rings. The molecule has 1 aromatic heterocycles. The van der Waals surface area contributed by atoms with Crippen LogP contribution in [0, 0.1) is 0 Å². The van der Waals surface area contributed by atoms with E-state index in [0.29, 0.717) is 6.54 Å². The van der Waals surface area contributed by atoms with Gasteiger partial charge in [0.25, 0.3) is 0 Å². The van der Waals surface area contributed by atoms with Crippen LogP contribution in [0.25, 0.3) is 0 Å². The fourth-order valence-electron chi connectivity index (χ4n) is 2.98. The minimum Gasteiger partial charge on any atom is -0.389 e. The number of aliphatic hydroxyl groups is 1. The van der Waals surface area contributed by atoms with Gasteiger partial charge in [0.1, 0.15) is 6.10 Å². The third kappa shape index (κ3) is 6.32. The van der Waals surface area contributed by atoms with Gasteiger partial charge >= 0.3 is 0 Å². The van der Waals surface area contributed by atoms with Gasteiger partial charge < -0.3 is 19.7 Å². The van der Waals surface area contributed by atoms with Crippen LogP contribution in [-0.4, -0.2) is 40.5 Å². The Labute approximate surface area is 160 Å². The number of nitrogens with zero attached hydrogens (tertiary/aromatic N) is 2. The van der Waals surface area contributed by atoms with Crippen molar-refractivity contribution in [3.63, 3.8) is 0 Å². The van der Waals surface area contributed by atoms with Gasteiger partial charge in [0.15, 0.2) is 0 Å². The molecule has 0 fully saturated rings. The average molecular weight is 365 g/mol. The van der Waals surface area contributed by atoms with Gasteiger partial charge in [-0.25, -0.2) is 4.98 Å². The molecule has 0 saturated heterocycles. The summed E-state index contributed by atoms with van der Waals surface area (Å²) in [5.41, 5.74) is 2.17. The van der Waals surface area contributed by atoms with E-state index in [4.69, 9.17) is 4.74 Å². The van der Waals surface area contributed by atoms with Crippen molar-refractivity contribution in [2.45, 2.75) is 25.2 Å². The molecule has 1 atom stereocenters. The Morgan fingerprint density at radius 2 is 1.67 bits per heavy atom. The van der Waals surface area contributed by atoms with Gasteiger partial charge in [0.05, 0.1) is 19.0 Å². The predicted molar refractivity (Wildman–Crippen MR) is 106 cm³/mol. The van der Waals surface area contributed by atoms with Gasteiger partial charge in [-0.3, -0.25) is 0 Å². The first-order valence-corrected chi connectivity index (χ1v) is 9.39. The molecule has 0 saturated carbocycles. The quantitative estimate of drug-likeness (QED) is 0.513. The summed E-state index contributed by atoms with van der Waals surface area (Å²) in [5.74, 6) is 0. The van der Waals surface area contributed by atoms with Gasteiger partial charge in [-0.05, 0) is 24.1 Å². The molecule has 0 radical (unpaired) electrons. The molecule has 5 heteroatoms. The number of ether oxygens (including phenoxy) is 1. The SMILES string of the molecule is O[C@H](CNCCCn1ccnc1)COC(c1ccccc1)c1ccccc1. The minimum atomic E-state index is -0.548. The van der Waals surface area contributed by atoms with Crippen LogP contribution < -0.4 is 5.32 Å². The topological polar surface area (TPSA) is 59.3 Å². The van der Waals surface area contributed by atoms with Crippen molar-refractivity contribution < 1.29 is 9.84 Å². The van der Waals surface area contributed by atoms with E-state index in [0.717, 1.165) is 30.6 Å². The number of benzene rings is 2. The minimum absolute atomic E-state index is 0.178. The summed E-state index contributed by atoms with van der Waals surface area (Å²) in [4.78, 5) is 4.03. The maximum absolute atomic E-state index is 10.3. The van der Waals surface area contributed by atoms with Gasteiger partial charge in [0.2, 0.25) is 0 Å². The Hall–Kier alpha value is -2.47. The number of hydrogen-bond acceptors (Lipinski definition) is 4. The highest BCUT2D eigenvalue weighted by Gasteiger charge is 2.16. The van der Waals surface area contributed by atoms with E-state index in [1.165, 1.54) is 0 Å². The average Bonchev–Trinajstić information content (AvgIpc) is 3.23. The van der Waals surface area contributed by atoms with Crippen LogP contribution in [0.5, 0.6) is 0 Å². The summed E-state index contributed by atoms with van der Waals surface area (Å²) in [5, 5.41) is 13.6. The van der Waals surface area contributed by atoms with Gasteiger partial charge in [0, 0.05) is 25.5 Å². The lowest BCUT2D eigenvalue weighted by molar-refractivity contribution is 0.00664. The summed E-state index contributed by atoms with van der Waals surface area (Å²) >= 11 is 0. The second-order valence-corrected chi connectivity index (χ2v) is 6.55. The maximum Gasteiger partial charge on any atom is 0.108 e. The number of aryl methyl sites for hydroxylation is 1. The van der Waals surface area contributed by atoms with Gasteiger partial charge in [-0.15, -0.1) is 0 Å². The highest BCUT2D eigenvalue weighted by atomic mass is 16.5. The Kier molecular flexibility index (Phi) is 7.59. The number of imidazole rings is 1. The van der Waals surface area contributed by atoms with Gasteiger partial charge in [-0.1, -0.05) is 60.7 Å². The highest BCUT2D eigenvalue weighted by Crippen LogP contribution is 2.25. The highest BCUT2D eigenvalue weighted by molar-refractivity contribution is 5.29. The van der Waals surface area contributed by atoms with Gasteiger partial charge in [-0.2, -0.15) is 0 Å². The molecule has 2 N–H and O–H groups in total. The molecule has 0 aliphatic heterocycles. The number of aliphatic hydroxyl groups excluding tert-OH is 1. The normalized spacial score (nSPS) is 12.4. The van der Waals surface area contributed by atoms with Crippen LogP contribution in [0.4, 0.5) is 0 Å². The molecule has 0 aliphatic rings. The molecule has 5 nitrogen and oxygen atoms in total. The predicted octanol–water partition coefficient (Wildman–Crippen LogP) is 3.03. The number of aromatic nitrogens is 2. The summed E-state index contributed by atoms with van der Waals surface area (Å²) in [7, 11) is 0. The van der Waals surface area contributed by atoms with E-state index in [1.54, 1.807) is 6.20 Å². The number of hydrogen-bond donors (Lipinski definition) is 2. The first-order valence-electron chi connectivity index (χ1n) is 9.39. The zero-order chi connectivity index (χ0) is 18.7. The summed E-state index contributed by atoms with van der Waals surface area (Å²) in [6.45, 7) is 2.56. The first-order chi connectivity index (χ1) is 13.3. The van der Waals surface area contributed by atoms with Crippen molar-refractivity contribution in [3.05, 3.63) is 90.5 Å². The van der Waals surface area contributed by atoms with E-state index in [2.05, 4.69) is 34.6 Å². The van der Waals surface area contributed by atoms with Crippen LogP contribution in [0.3, 0.4) is 0 Å². The van der Waals surface area contributed by atoms with E-state index < -0.39 is 6.10 Å². The molecule has 0 aliphatic carbocycles. The molecular weight excluding hydrogens is 338 g/mol. The Balaban J connectivity index is 1.44. The maximum atomic E-state index is 10.3. The first kappa shape index (κ1) is 19.3. The lowest BCUT2D eigenvalue weighted by Gasteiger charge is -2.21. The Bertz CT molecular complexity index is 708. The lowest BCUT2D eigenvalue weighted by Crippen LogP contribution is -2.32. The van der Waals surface area contributed by atoms with E-state index in [9.17, 15) is 5.11 Å². The number of nitrogens with one attached hydrogen (secondary N) is 1. The molecule has 142 valence electrons. The molecular formula is C22H27N3O2. The smallest absolute Gasteiger partial charge is 0.108 e. The zero-order valence-corrected chi connectivity index (χ0v) is 15.4. The van der Waals surface area contributed by atoms with Crippen LogP contribution in [-0.2, 0) is 11.3 Å². The standard InChI is InChI=1S/C22H27N3O2/c26-21(16-23-12-7-14-25-15-13-24-18-25)17-27-22(19-8-3-1-4-9-19)20-10-5-2-6-11-20/h1-6,8-11,13,15,18,21-23,26H,7,12,14,16-17H2/t21-/m1/s1. The lowest BCUT2D eigenvalue weighted by atomic mass is 10.0. The summed E-state index contributed by atoms with van der Waals surface area (Å²) in [6.07, 6.45) is 5.81. The van der Waals surface area contributed by atoms with Crippen molar-refractivity contribution in [1.82, 2.24) is 14.9 Å². The number of rotatable bonds is 11. The Morgan fingerprint density at radius 1 is 1.00 bits per heavy atom. The molecule has 0 unspecified atom stereocenters. The molecule has 0 spiro atoms.